The standard InChI is InChI=1S/C24H22Cl2F2N6O5/c1-10-29-31-24(34(10)16-7-12(25)3-4-17(16)36)23-22(38-2)20(21(37)18(9-35)39-23)33-8-15(30-32-33)11-5-13(27)19(26)14(28)6-11/h3-8,18,20-23,35-37H,9H2,1-2H3/t18-,20+,21+,22-,23-/m1/s1. The smallest absolute Gasteiger partial charge is 0.169 e. The number of aryl methyl sites for hydroxylation is 1. The Kier molecular flexibility index (Phi) is 7.55. The molecule has 3 N–H and O–H groups in total. The van der Waals surface area contributed by atoms with Crippen molar-refractivity contribution in [3.63, 3.8) is 0 Å². The average molecular weight is 583 g/mol. The Morgan fingerprint density at radius 3 is 2.49 bits per heavy atom. The fourth-order valence-electron chi connectivity index (χ4n) is 4.66. The van der Waals surface area contributed by atoms with E-state index in [0.717, 1.165) is 12.1 Å². The van der Waals surface area contributed by atoms with Crippen LogP contribution >= 0.6 is 23.2 Å². The summed E-state index contributed by atoms with van der Waals surface area (Å²) < 4.78 is 42.7. The molecule has 15 heteroatoms. The summed E-state index contributed by atoms with van der Waals surface area (Å²) in [7, 11) is 1.38. The number of phenols is 1. The van der Waals surface area contributed by atoms with E-state index in [1.165, 1.54) is 40.8 Å². The van der Waals surface area contributed by atoms with E-state index in [4.69, 9.17) is 32.7 Å². The third-order valence-electron chi connectivity index (χ3n) is 6.52. The van der Waals surface area contributed by atoms with Crippen molar-refractivity contribution in [2.75, 3.05) is 13.7 Å². The van der Waals surface area contributed by atoms with Crippen molar-refractivity contribution in [1.29, 1.82) is 0 Å². The quantitative estimate of drug-likeness (QED) is 0.292. The summed E-state index contributed by atoms with van der Waals surface area (Å²) >= 11 is 11.8. The van der Waals surface area contributed by atoms with Gasteiger partial charge in [-0.15, -0.1) is 15.3 Å². The number of phenolic OH excluding ortho intramolecular Hbond substituents is 1. The minimum absolute atomic E-state index is 0.0678. The van der Waals surface area contributed by atoms with E-state index in [1.54, 1.807) is 6.92 Å². The Morgan fingerprint density at radius 1 is 1.10 bits per heavy atom. The van der Waals surface area contributed by atoms with Gasteiger partial charge in [-0.1, -0.05) is 28.4 Å². The molecular weight excluding hydrogens is 561 g/mol. The lowest BCUT2D eigenvalue weighted by atomic mass is 9.91. The van der Waals surface area contributed by atoms with Gasteiger partial charge in [-0.25, -0.2) is 13.5 Å². The normalized spacial score (nSPS) is 23.3. The number of hydrogen-bond acceptors (Lipinski definition) is 9. The molecule has 2 aromatic heterocycles. The van der Waals surface area contributed by atoms with Crippen LogP contribution in [-0.2, 0) is 9.47 Å². The molecule has 11 nitrogen and oxygen atoms in total. The zero-order valence-corrected chi connectivity index (χ0v) is 21.9. The molecule has 5 atom stereocenters. The van der Waals surface area contributed by atoms with E-state index < -0.39 is 53.7 Å². The van der Waals surface area contributed by atoms with Crippen molar-refractivity contribution in [3.05, 3.63) is 69.9 Å². The first kappa shape index (κ1) is 27.4. The van der Waals surface area contributed by atoms with Gasteiger partial charge in [-0.3, -0.25) is 4.57 Å². The summed E-state index contributed by atoms with van der Waals surface area (Å²) in [4.78, 5) is 0. The Labute approximate surface area is 230 Å². The SMILES string of the molecule is CO[C@@H]1[C@@H](n2cc(-c3cc(F)c(Cl)c(F)c3)nn2)[C@@H](O)[C@@H](CO)O[C@H]1c1nnc(C)n1-c1cc(Cl)ccc1O. The van der Waals surface area contributed by atoms with Crippen LogP contribution in [0, 0.1) is 18.6 Å². The Balaban J connectivity index is 1.59. The molecule has 0 unspecified atom stereocenters. The van der Waals surface area contributed by atoms with Gasteiger partial charge in [0.05, 0.1) is 18.5 Å². The number of nitrogens with zero attached hydrogens (tertiary/aromatic N) is 6. The van der Waals surface area contributed by atoms with Crippen molar-refractivity contribution >= 4 is 23.2 Å². The monoisotopic (exact) mass is 582 g/mol. The van der Waals surface area contributed by atoms with Gasteiger partial charge in [0, 0.05) is 17.7 Å². The number of ether oxygens (including phenoxy) is 2. The minimum atomic E-state index is -1.35. The molecule has 0 bridgehead atoms. The van der Waals surface area contributed by atoms with Crippen molar-refractivity contribution in [3.8, 4) is 22.7 Å². The Bertz CT molecular complexity index is 1500. The fraction of sp³-hybridized carbons (Fsp3) is 0.333. The number of hydrogen-bond donors (Lipinski definition) is 3. The maximum absolute atomic E-state index is 14.1. The van der Waals surface area contributed by atoms with Gasteiger partial charge in [0.1, 0.15) is 64.4 Å². The van der Waals surface area contributed by atoms with Crippen LogP contribution in [-0.4, -0.2) is 77.1 Å². The third kappa shape index (κ3) is 4.86. The molecule has 5 rings (SSSR count). The topological polar surface area (TPSA) is 141 Å². The maximum atomic E-state index is 14.1. The number of methoxy groups -OCH3 is 1. The second-order valence-corrected chi connectivity index (χ2v) is 9.69. The highest BCUT2D eigenvalue weighted by Crippen LogP contribution is 2.41. The largest absolute Gasteiger partial charge is 0.506 e. The van der Waals surface area contributed by atoms with Gasteiger partial charge in [0.25, 0.3) is 0 Å². The molecule has 0 spiro atoms. The highest BCUT2D eigenvalue weighted by Gasteiger charge is 2.49. The van der Waals surface area contributed by atoms with E-state index in [9.17, 15) is 24.1 Å². The number of halogens is 4. The summed E-state index contributed by atoms with van der Waals surface area (Å²) in [5.41, 5.74) is 0.438. The highest BCUT2D eigenvalue weighted by atomic mass is 35.5. The molecular formula is C24H22Cl2F2N6O5. The molecule has 0 saturated carbocycles. The molecule has 1 saturated heterocycles. The molecule has 1 aliphatic rings. The predicted octanol–water partition coefficient (Wildman–Crippen LogP) is 3.17. The summed E-state index contributed by atoms with van der Waals surface area (Å²) in [6, 6.07) is 5.47. The van der Waals surface area contributed by atoms with Gasteiger partial charge >= 0.3 is 0 Å². The van der Waals surface area contributed by atoms with Crippen LogP contribution < -0.4 is 0 Å². The molecule has 0 aliphatic carbocycles. The number of aliphatic hydroxyl groups is 2. The van der Waals surface area contributed by atoms with E-state index in [1.807, 2.05) is 0 Å². The molecule has 1 aliphatic heterocycles. The average Bonchev–Trinajstić information content (AvgIpc) is 3.55. The summed E-state index contributed by atoms with van der Waals surface area (Å²) in [5.74, 6) is -1.47. The fourth-order valence-corrected chi connectivity index (χ4v) is 4.94. The first-order valence-electron chi connectivity index (χ1n) is 11.6. The molecule has 1 fully saturated rings. The molecule has 39 heavy (non-hydrogen) atoms. The highest BCUT2D eigenvalue weighted by molar-refractivity contribution is 6.31. The first-order chi connectivity index (χ1) is 18.6. The van der Waals surface area contributed by atoms with Crippen LogP contribution in [0.5, 0.6) is 5.75 Å². The van der Waals surface area contributed by atoms with Gasteiger partial charge in [0.15, 0.2) is 5.82 Å². The Hall–Kier alpha value is -3.20. The van der Waals surface area contributed by atoms with Crippen LogP contribution in [0.4, 0.5) is 8.78 Å². The Morgan fingerprint density at radius 2 is 1.82 bits per heavy atom. The molecule has 206 valence electrons. The number of rotatable bonds is 6. The molecule has 3 heterocycles. The number of benzene rings is 2. The number of aromatic hydroxyl groups is 1. The summed E-state index contributed by atoms with van der Waals surface area (Å²) in [6.07, 6.45) is -3.13. The van der Waals surface area contributed by atoms with Crippen LogP contribution in [0.1, 0.15) is 23.8 Å². The second-order valence-electron chi connectivity index (χ2n) is 8.87. The van der Waals surface area contributed by atoms with Gasteiger partial charge in [-0.2, -0.15) is 0 Å². The summed E-state index contributed by atoms with van der Waals surface area (Å²) in [5, 5.41) is 47.8. The zero-order chi connectivity index (χ0) is 28.0. The van der Waals surface area contributed by atoms with E-state index in [2.05, 4.69) is 20.5 Å². The molecule has 0 amide bonds. The van der Waals surface area contributed by atoms with Crippen molar-refractivity contribution in [2.45, 2.75) is 37.4 Å². The summed E-state index contributed by atoms with van der Waals surface area (Å²) in [6.45, 7) is 1.08. The number of aromatic nitrogens is 6. The van der Waals surface area contributed by atoms with Crippen molar-refractivity contribution < 1.29 is 33.6 Å². The lowest BCUT2D eigenvalue weighted by molar-refractivity contribution is -0.217. The van der Waals surface area contributed by atoms with E-state index >= 15 is 0 Å². The van der Waals surface area contributed by atoms with Gasteiger partial charge in [0.2, 0.25) is 0 Å². The van der Waals surface area contributed by atoms with Gasteiger partial charge < -0.3 is 24.8 Å². The van der Waals surface area contributed by atoms with Crippen LogP contribution in [0.15, 0.2) is 36.5 Å². The van der Waals surface area contributed by atoms with Crippen LogP contribution in [0.25, 0.3) is 16.9 Å². The number of aliphatic hydroxyl groups excluding tert-OH is 2. The molecule has 0 radical (unpaired) electrons. The molecule has 2 aromatic carbocycles. The lowest BCUT2D eigenvalue weighted by Gasteiger charge is -2.43. The van der Waals surface area contributed by atoms with Crippen molar-refractivity contribution in [1.82, 2.24) is 29.8 Å². The van der Waals surface area contributed by atoms with E-state index in [-0.39, 0.29) is 28.5 Å². The molecule has 4 aromatic rings. The second kappa shape index (κ2) is 10.8. The minimum Gasteiger partial charge on any atom is -0.506 e. The van der Waals surface area contributed by atoms with Crippen LogP contribution in [0.3, 0.4) is 0 Å². The maximum Gasteiger partial charge on any atom is 0.169 e. The lowest BCUT2D eigenvalue weighted by Crippen LogP contribution is -2.53. The zero-order valence-electron chi connectivity index (χ0n) is 20.4. The van der Waals surface area contributed by atoms with Crippen molar-refractivity contribution in [2.24, 2.45) is 0 Å². The van der Waals surface area contributed by atoms with E-state index in [0.29, 0.717) is 10.8 Å². The first-order valence-corrected chi connectivity index (χ1v) is 12.3. The predicted molar refractivity (Wildman–Crippen MR) is 134 cm³/mol. The van der Waals surface area contributed by atoms with Gasteiger partial charge in [-0.05, 0) is 37.3 Å². The third-order valence-corrected chi connectivity index (χ3v) is 7.11. The van der Waals surface area contributed by atoms with Crippen LogP contribution in [0.2, 0.25) is 10.0 Å².